The Bertz CT molecular complexity index is 1140. The number of carbonyl (C=O) groups excluding carboxylic acids is 2. The number of carbonyl (C=O) groups is 2. The predicted octanol–water partition coefficient (Wildman–Crippen LogP) is 3.01. The van der Waals surface area contributed by atoms with Gasteiger partial charge in [0.15, 0.2) is 5.78 Å². The second-order valence-corrected chi connectivity index (χ2v) is 8.71. The first-order valence-electron chi connectivity index (χ1n) is 11.0. The highest BCUT2D eigenvalue weighted by atomic mass is 19.4. The van der Waals surface area contributed by atoms with Crippen molar-refractivity contribution in [2.75, 3.05) is 31.6 Å². The third kappa shape index (κ3) is 4.68. The molecule has 180 valence electrons. The molecule has 34 heavy (non-hydrogen) atoms. The Morgan fingerprint density at radius 1 is 1.21 bits per heavy atom. The molecule has 1 atom stereocenters. The fourth-order valence-corrected chi connectivity index (χ4v) is 4.72. The number of fused-ring (bicyclic) bond motifs is 1. The van der Waals surface area contributed by atoms with Crippen LogP contribution < -0.4 is 10.2 Å². The molecule has 7 nitrogen and oxygen atoms in total. The number of pyridine rings is 2. The van der Waals surface area contributed by atoms with Crippen molar-refractivity contribution >= 4 is 23.0 Å². The van der Waals surface area contributed by atoms with Crippen LogP contribution in [0, 0.1) is 0 Å². The molecule has 4 rings (SSSR count). The molecule has 10 heteroatoms. The Balaban J connectivity index is 1.44. The summed E-state index contributed by atoms with van der Waals surface area (Å²) in [7, 11) is 1.56. The number of amides is 1. The minimum atomic E-state index is -4.67. The van der Waals surface area contributed by atoms with Crippen molar-refractivity contribution in [1.82, 2.24) is 20.2 Å². The molecule has 1 aliphatic heterocycles. The molecule has 0 saturated carbocycles. The van der Waals surface area contributed by atoms with Gasteiger partial charge in [-0.2, -0.15) is 13.2 Å². The van der Waals surface area contributed by atoms with Crippen molar-refractivity contribution < 1.29 is 22.8 Å². The van der Waals surface area contributed by atoms with Gasteiger partial charge in [0.25, 0.3) is 5.91 Å². The van der Waals surface area contributed by atoms with E-state index in [9.17, 15) is 22.8 Å². The van der Waals surface area contributed by atoms with Crippen LogP contribution in [-0.4, -0.2) is 65.5 Å². The molecule has 2 aliphatic rings. The van der Waals surface area contributed by atoms with Gasteiger partial charge in [-0.3, -0.25) is 19.5 Å². The van der Waals surface area contributed by atoms with Gasteiger partial charge < -0.3 is 10.2 Å². The summed E-state index contributed by atoms with van der Waals surface area (Å²) >= 11 is 0. The highest BCUT2D eigenvalue weighted by Gasteiger charge is 2.43. The molecule has 2 aromatic rings. The Morgan fingerprint density at radius 2 is 1.97 bits per heavy atom. The van der Waals surface area contributed by atoms with Gasteiger partial charge in [-0.05, 0) is 42.7 Å². The number of allylic oxidation sites excluding steroid dienone is 2. The lowest BCUT2D eigenvalue weighted by atomic mass is 9.88. The summed E-state index contributed by atoms with van der Waals surface area (Å²) in [5.41, 5.74) is 1.77. The van der Waals surface area contributed by atoms with Crippen LogP contribution in [0.1, 0.15) is 41.2 Å². The van der Waals surface area contributed by atoms with E-state index in [4.69, 9.17) is 0 Å². The summed E-state index contributed by atoms with van der Waals surface area (Å²) in [6.45, 7) is 6.31. The lowest BCUT2D eigenvalue weighted by molar-refractivity contribution is -0.128. The lowest BCUT2D eigenvalue weighted by Gasteiger charge is -2.41. The van der Waals surface area contributed by atoms with E-state index in [1.165, 1.54) is 6.92 Å². The summed E-state index contributed by atoms with van der Waals surface area (Å²) in [4.78, 5) is 36.9. The molecule has 1 unspecified atom stereocenters. The molecule has 0 aromatic carbocycles. The number of rotatable bonds is 4. The van der Waals surface area contributed by atoms with Gasteiger partial charge in [-0.15, -0.1) is 0 Å². The summed E-state index contributed by atoms with van der Waals surface area (Å²) in [5.74, 6) is -1.14. The number of halogens is 3. The molecule has 1 aliphatic carbocycles. The molecule has 0 bridgehead atoms. The molecular weight excluding hydrogens is 447 g/mol. The topological polar surface area (TPSA) is 78.4 Å². The molecular formula is C24H26F3N5O2. The lowest BCUT2D eigenvalue weighted by Crippen LogP contribution is -2.51. The van der Waals surface area contributed by atoms with Crippen LogP contribution in [-0.2, 0) is 17.8 Å². The number of Topliss-reactive ketones (excluding diaryl/α,β-unsaturated/α-hetero) is 1. The third-order valence-electron chi connectivity index (χ3n) is 6.32. The maximum Gasteiger partial charge on any atom is 0.420 e. The first-order valence-corrected chi connectivity index (χ1v) is 11.0. The molecule has 1 N–H and O–H groups in total. The zero-order valence-electron chi connectivity index (χ0n) is 19.2. The number of alkyl halides is 3. The Hall–Kier alpha value is -3.27. The van der Waals surface area contributed by atoms with Crippen LogP contribution in [0.5, 0.6) is 0 Å². The average Bonchev–Trinajstić information content (AvgIpc) is 2.77. The number of aromatic nitrogens is 2. The average molecular weight is 473 g/mol. The maximum atomic E-state index is 13.2. The van der Waals surface area contributed by atoms with Crippen molar-refractivity contribution in [2.24, 2.45) is 0 Å². The van der Waals surface area contributed by atoms with Crippen LogP contribution >= 0.6 is 0 Å². The van der Waals surface area contributed by atoms with Gasteiger partial charge >= 0.3 is 6.18 Å². The summed E-state index contributed by atoms with van der Waals surface area (Å²) in [6, 6.07) is 5.58. The molecule has 3 heterocycles. The normalized spacial score (nSPS) is 19.3. The second-order valence-electron chi connectivity index (χ2n) is 8.71. The first-order chi connectivity index (χ1) is 16.1. The van der Waals surface area contributed by atoms with Crippen molar-refractivity contribution in [1.29, 1.82) is 0 Å². The van der Waals surface area contributed by atoms with Gasteiger partial charge in [0.2, 0.25) is 0 Å². The highest BCUT2D eigenvalue weighted by Crippen LogP contribution is 2.37. The molecule has 1 saturated heterocycles. The minimum Gasteiger partial charge on any atom is -0.365 e. The van der Waals surface area contributed by atoms with Crippen LogP contribution in [0.2, 0.25) is 0 Å². The number of nitrogens with zero attached hydrogens (tertiary/aromatic N) is 4. The smallest absolute Gasteiger partial charge is 0.365 e. The predicted molar refractivity (Wildman–Crippen MR) is 121 cm³/mol. The van der Waals surface area contributed by atoms with Gasteiger partial charge in [0.05, 0.1) is 17.6 Å². The molecule has 0 radical (unpaired) electrons. The van der Waals surface area contributed by atoms with E-state index >= 15 is 0 Å². The summed E-state index contributed by atoms with van der Waals surface area (Å²) in [5, 5.41) is 2.55. The van der Waals surface area contributed by atoms with Gasteiger partial charge in [-0.1, -0.05) is 6.07 Å². The third-order valence-corrected chi connectivity index (χ3v) is 6.32. The second kappa shape index (κ2) is 9.17. The van der Waals surface area contributed by atoms with Crippen LogP contribution in [0.25, 0.3) is 5.57 Å². The number of anilines is 1. The van der Waals surface area contributed by atoms with E-state index < -0.39 is 17.5 Å². The zero-order chi connectivity index (χ0) is 24.6. The summed E-state index contributed by atoms with van der Waals surface area (Å²) in [6.07, 6.45) is -1.66. The molecule has 1 fully saturated rings. The van der Waals surface area contributed by atoms with Crippen molar-refractivity contribution in [3.63, 3.8) is 0 Å². The number of ketones is 1. The van der Waals surface area contributed by atoms with Crippen LogP contribution in [0.15, 0.2) is 36.2 Å². The quantitative estimate of drug-likeness (QED) is 0.736. The number of piperazine rings is 1. The number of nitrogens with one attached hydrogen (secondary N) is 1. The monoisotopic (exact) mass is 473 g/mol. The number of hydrogen-bond acceptors (Lipinski definition) is 6. The van der Waals surface area contributed by atoms with Gasteiger partial charge in [0.1, 0.15) is 11.3 Å². The SMILES string of the molecule is CNC(=O)c1ccc(N2CCN(Cc3cnc4c(c3)CC(=O)C(C(F)(F)F)=C4C)CC2C)cn1. The van der Waals surface area contributed by atoms with Gasteiger partial charge in [0, 0.05) is 51.9 Å². The van der Waals surface area contributed by atoms with E-state index in [1.807, 2.05) is 6.07 Å². The number of hydrogen-bond donors (Lipinski definition) is 1. The fourth-order valence-electron chi connectivity index (χ4n) is 4.72. The molecule has 1 amide bonds. The van der Waals surface area contributed by atoms with E-state index in [-0.39, 0.29) is 29.6 Å². The molecule has 0 spiro atoms. The largest absolute Gasteiger partial charge is 0.420 e. The van der Waals surface area contributed by atoms with Crippen molar-refractivity contribution in [3.05, 3.63) is 58.7 Å². The first kappa shape index (κ1) is 23.9. The zero-order valence-corrected chi connectivity index (χ0v) is 19.2. The fraction of sp³-hybridized carbons (Fsp3) is 0.417. The van der Waals surface area contributed by atoms with Crippen LogP contribution in [0.4, 0.5) is 18.9 Å². The highest BCUT2D eigenvalue weighted by molar-refractivity contribution is 6.07. The van der Waals surface area contributed by atoms with E-state index in [1.54, 1.807) is 31.6 Å². The van der Waals surface area contributed by atoms with Gasteiger partial charge in [-0.25, -0.2) is 4.98 Å². The Labute approximate surface area is 195 Å². The van der Waals surface area contributed by atoms with Crippen molar-refractivity contribution in [3.8, 4) is 0 Å². The summed E-state index contributed by atoms with van der Waals surface area (Å²) < 4.78 is 39.7. The van der Waals surface area contributed by atoms with E-state index in [0.717, 1.165) is 30.9 Å². The minimum absolute atomic E-state index is 0.108. The standard InChI is InChI=1S/C24H26F3N5O2/c1-14-12-31(6-7-32(14)18-4-5-19(29-11-18)23(34)28-3)13-16-8-17-9-20(33)21(24(25,26)27)15(2)22(17)30-10-16/h4-5,8,10-11,14H,6-7,9,12-13H2,1-3H3,(H,28,34). The Kier molecular flexibility index (Phi) is 6.44. The van der Waals surface area contributed by atoms with E-state index in [2.05, 4.69) is 32.0 Å². The Morgan fingerprint density at radius 3 is 2.59 bits per heavy atom. The maximum absolute atomic E-state index is 13.2. The molecule has 2 aromatic heterocycles. The van der Waals surface area contributed by atoms with Crippen LogP contribution in [0.3, 0.4) is 0 Å². The van der Waals surface area contributed by atoms with Crippen molar-refractivity contribution in [2.45, 2.75) is 39.0 Å². The van der Waals surface area contributed by atoms with E-state index in [0.29, 0.717) is 17.8 Å².